The van der Waals surface area contributed by atoms with Crippen molar-refractivity contribution in [3.8, 4) is 29.0 Å². The summed E-state index contributed by atoms with van der Waals surface area (Å²) < 4.78 is 25.3. The van der Waals surface area contributed by atoms with Crippen LogP contribution >= 0.6 is 11.6 Å². The highest BCUT2D eigenvalue weighted by atomic mass is 35.5. The lowest BCUT2D eigenvalue weighted by atomic mass is 9.83. The maximum absolute atomic E-state index is 13.9. The standard InChI is InChI=1S/C26H18ClFN4O2/c27-18-9-5-16(6-10-18)24-23-22(20(13-29)25(30)34-26(23)32-31-24)15-7-11-19(12-8-15)33-14-17-3-1-2-4-21(17)28/h1-12,22H,14,30H2,(H,31,32)/t22-/m0/s1. The number of nitrogens with zero attached hydrogens (tertiary/aromatic N) is 2. The molecular weight excluding hydrogens is 455 g/mol. The van der Waals surface area contributed by atoms with Crippen LogP contribution in [0.3, 0.4) is 0 Å². The van der Waals surface area contributed by atoms with Gasteiger partial charge in [0, 0.05) is 16.1 Å². The minimum atomic E-state index is -0.501. The third-order valence-electron chi connectivity index (χ3n) is 5.64. The second-order valence-electron chi connectivity index (χ2n) is 7.70. The van der Waals surface area contributed by atoms with Gasteiger partial charge in [-0.05, 0) is 35.9 Å². The van der Waals surface area contributed by atoms with Gasteiger partial charge in [0.05, 0.1) is 17.2 Å². The van der Waals surface area contributed by atoms with Gasteiger partial charge in [-0.1, -0.05) is 54.1 Å². The van der Waals surface area contributed by atoms with Crippen molar-refractivity contribution in [3.05, 3.63) is 112 Å². The Balaban J connectivity index is 1.49. The Morgan fingerprint density at radius 1 is 1.09 bits per heavy atom. The van der Waals surface area contributed by atoms with Gasteiger partial charge in [-0.25, -0.2) is 4.39 Å². The number of nitriles is 1. The van der Waals surface area contributed by atoms with Crippen LogP contribution in [0.5, 0.6) is 11.6 Å². The normalized spacial score (nSPS) is 14.8. The second kappa shape index (κ2) is 8.93. The molecule has 1 aliphatic rings. The quantitative estimate of drug-likeness (QED) is 0.390. The average Bonchev–Trinajstić information content (AvgIpc) is 3.27. The summed E-state index contributed by atoms with van der Waals surface area (Å²) >= 11 is 6.04. The van der Waals surface area contributed by atoms with Crippen LogP contribution in [-0.4, -0.2) is 10.2 Å². The van der Waals surface area contributed by atoms with E-state index in [0.717, 1.165) is 11.1 Å². The minimum absolute atomic E-state index is 0.00837. The molecular formula is C26H18ClFN4O2. The van der Waals surface area contributed by atoms with Crippen molar-refractivity contribution >= 4 is 11.6 Å². The summed E-state index contributed by atoms with van der Waals surface area (Å²) in [5, 5.41) is 17.8. The highest BCUT2D eigenvalue weighted by Crippen LogP contribution is 2.45. The van der Waals surface area contributed by atoms with Crippen LogP contribution in [0.25, 0.3) is 11.3 Å². The topological polar surface area (TPSA) is 97.0 Å². The van der Waals surface area contributed by atoms with Gasteiger partial charge in [-0.3, -0.25) is 5.10 Å². The Kier molecular flexibility index (Phi) is 5.66. The van der Waals surface area contributed by atoms with Gasteiger partial charge in [0.2, 0.25) is 11.8 Å². The fourth-order valence-corrected chi connectivity index (χ4v) is 4.07. The zero-order chi connectivity index (χ0) is 23.7. The highest BCUT2D eigenvalue weighted by Gasteiger charge is 2.35. The molecule has 0 spiro atoms. The largest absolute Gasteiger partial charge is 0.489 e. The molecule has 4 aromatic rings. The van der Waals surface area contributed by atoms with Crippen LogP contribution < -0.4 is 15.2 Å². The van der Waals surface area contributed by atoms with Gasteiger partial charge < -0.3 is 15.2 Å². The third-order valence-corrected chi connectivity index (χ3v) is 5.89. The number of nitrogens with one attached hydrogen (secondary N) is 1. The number of allylic oxidation sites excluding steroid dienone is 1. The van der Waals surface area contributed by atoms with Crippen molar-refractivity contribution < 1.29 is 13.9 Å². The van der Waals surface area contributed by atoms with Crippen molar-refractivity contribution in [2.24, 2.45) is 5.73 Å². The first kappa shape index (κ1) is 21.6. The number of hydrogen-bond acceptors (Lipinski definition) is 5. The van der Waals surface area contributed by atoms with Crippen LogP contribution in [-0.2, 0) is 6.61 Å². The Hall–Kier alpha value is -4.28. The molecule has 0 radical (unpaired) electrons. The van der Waals surface area contributed by atoms with Gasteiger partial charge in [0.15, 0.2) is 0 Å². The predicted octanol–water partition coefficient (Wildman–Crippen LogP) is 5.67. The number of rotatable bonds is 5. The van der Waals surface area contributed by atoms with Crippen LogP contribution in [0, 0.1) is 17.1 Å². The molecule has 1 atom stereocenters. The lowest BCUT2D eigenvalue weighted by Gasteiger charge is -2.24. The van der Waals surface area contributed by atoms with E-state index in [2.05, 4.69) is 16.3 Å². The molecule has 8 heteroatoms. The van der Waals surface area contributed by atoms with E-state index in [1.165, 1.54) is 6.07 Å². The summed E-state index contributed by atoms with van der Waals surface area (Å²) in [4.78, 5) is 0. The number of aromatic amines is 1. The Bertz CT molecular complexity index is 1420. The monoisotopic (exact) mass is 472 g/mol. The van der Waals surface area contributed by atoms with E-state index in [4.69, 9.17) is 26.8 Å². The van der Waals surface area contributed by atoms with Crippen LogP contribution in [0.4, 0.5) is 4.39 Å². The number of fused-ring (bicyclic) bond motifs is 1. The van der Waals surface area contributed by atoms with Crippen LogP contribution in [0.2, 0.25) is 5.02 Å². The maximum Gasteiger partial charge on any atom is 0.244 e. The minimum Gasteiger partial charge on any atom is -0.489 e. The molecule has 3 aromatic carbocycles. The molecule has 0 amide bonds. The number of nitrogens with two attached hydrogens (primary N) is 1. The van der Waals surface area contributed by atoms with E-state index in [1.807, 2.05) is 24.3 Å². The van der Waals surface area contributed by atoms with Gasteiger partial charge >= 0.3 is 0 Å². The molecule has 2 heterocycles. The molecule has 0 unspecified atom stereocenters. The smallest absolute Gasteiger partial charge is 0.244 e. The lowest BCUT2D eigenvalue weighted by Crippen LogP contribution is -2.21. The second-order valence-corrected chi connectivity index (χ2v) is 8.13. The molecule has 168 valence electrons. The van der Waals surface area contributed by atoms with E-state index in [1.54, 1.807) is 42.5 Å². The molecule has 0 saturated heterocycles. The molecule has 0 bridgehead atoms. The Morgan fingerprint density at radius 3 is 2.53 bits per heavy atom. The molecule has 3 N–H and O–H groups in total. The van der Waals surface area contributed by atoms with Crippen LogP contribution in [0.1, 0.15) is 22.6 Å². The number of aromatic nitrogens is 2. The van der Waals surface area contributed by atoms with E-state index >= 15 is 0 Å². The summed E-state index contributed by atoms with van der Waals surface area (Å²) in [7, 11) is 0. The Labute approximate surface area is 200 Å². The number of ether oxygens (including phenoxy) is 2. The first-order valence-electron chi connectivity index (χ1n) is 10.4. The van der Waals surface area contributed by atoms with E-state index < -0.39 is 5.92 Å². The molecule has 5 rings (SSSR count). The molecule has 1 aromatic heterocycles. The van der Waals surface area contributed by atoms with E-state index in [0.29, 0.717) is 33.5 Å². The van der Waals surface area contributed by atoms with Crippen molar-refractivity contribution in [1.29, 1.82) is 5.26 Å². The van der Waals surface area contributed by atoms with Crippen molar-refractivity contribution in [3.63, 3.8) is 0 Å². The number of H-pyrrole nitrogens is 1. The van der Waals surface area contributed by atoms with E-state index in [9.17, 15) is 9.65 Å². The molecule has 6 nitrogen and oxygen atoms in total. The summed E-state index contributed by atoms with van der Waals surface area (Å²) in [5.74, 6) is 0.0711. The van der Waals surface area contributed by atoms with Crippen molar-refractivity contribution in [2.45, 2.75) is 12.5 Å². The van der Waals surface area contributed by atoms with Gasteiger partial charge in [0.25, 0.3) is 0 Å². The number of hydrogen-bond donors (Lipinski definition) is 2. The molecule has 0 fully saturated rings. The predicted molar refractivity (Wildman–Crippen MR) is 126 cm³/mol. The first-order valence-corrected chi connectivity index (χ1v) is 10.8. The summed E-state index contributed by atoms with van der Waals surface area (Å²) in [5.41, 5.74) is 9.86. The zero-order valence-corrected chi connectivity index (χ0v) is 18.5. The lowest BCUT2D eigenvalue weighted by molar-refractivity contribution is 0.300. The van der Waals surface area contributed by atoms with E-state index in [-0.39, 0.29) is 23.9 Å². The third kappa shape index (κ3) is 3.96. The average molecular weight is 473 g/mol. The first-order chi connectivity index (χ1) is 16.5. The van der Waals surface area contributed by atoms with Crippen molar-refractivity contribution in [2.75, 3.05) is 0 Å². The Morgan fingerprint density at radius 2 is 1.82 bits per heavy atom. The van der Waals surface area contributed by atoms with Crippen LogP contribution in [0.15, 0.2) is 84.3 Å². The fourth-order valence-electron chi connectivity index (χ4n) is 3.95. The van der Waals surface area contributed by atoms with Crippen molar-refractivity contribution in [1.82, 2.24) is 10.2 Å². The number of halogens is 2. The van der Waals surface area contributed by atoms with Gasteiger partial charge in [0.1, 0.15) is 29.8 Å². The molecule has 0 saturated carbocycles. The molecule has 0 aliphatic carbocycles. The number of benzene rings is 3. The highest BCUT2D eigenvalue weighted by molar-refractivity contribution is 6.30. The summed E-state index contributed by atoms with van der Waals surface area (Å²) in [6, 6.07) is 23.2. The summed E-state index contributed by atoms with van der Waals surface area (Å²) in [6.45, 7) is 0.103. The molecule has 34 heavy (non-hydrogen) atoms. The SMILES string of the molecule is N#CC1=C(N)Oc2n[nH]c(-c3ccc(Cl)cc3)c2[C@H]1c1ccc(OCc2ccccc2F)cc1. The van der Waals surface area contributed by atoms with Gasteiger partial charge in [-0.2, -0.15) is 5.26 Å². The fraction of sp³-hybridized carbons (Fsp3) is 0.0769. The maximum atomic E-state index is 13.9. The van der Waals surface area contributed by atoms with Gasteiger partial charge in [-0.15, -0.1) is 5.10 Å². The zero-order valence-electron chi connectivity index (χ0n) is 17.8. The molecule has 1 aliphatic heterocycles. The summed E-state index contributed by atoms with van der Waals surface area (Å²) in [6.07, 6.45) is 0.